The van der Waals surface area contributed by atoms with Gasteiger partial charge in [-0.1, -0.05) is 30.3 Å². The van der Waals surface area contributed by atoms with Crippen LogP contribution in [0.3, 0.4) is 0 Å². The molecule has 1 aromatic rings. The molecule has 2 unspecified atom stereocenters. The molecule has 0 saturated carbocycles. The molecule has 1 aliphatic rings. The van der Waals surface area contributed by atoms with Crippen molar-refractivity contribution >= 4 is 11.9 Å². The molecular weight excluding hydrogens is 272 g/mol. The van der Waals surface area contributed by atoms with Gasteiger partial charge in [-0.3, -0.25) is 9.59 Å². The predicted octanol–water partition coefficient (Wildman–Crippen LogP) is 1.90. The number of hydrogen-bond acceptors (Lipinski definition) is 4. The lowest BCUT2D eigenvalue weighted by molar-refractivity contribution is -0.173. The van der Waals surface area contributed by atoms with Crippen molar-refractivity contribution in [1.82, 2.24) is 0 Å². The summed E-state index contributed by atoms with van der Waals surface area (Å²) >= 11 is 0. The fraction of sp³-hybridized carbons (Fsp3) is 0.500. The number of aliphatic carboxylic acids is 1. The zero-order valence-corrected chi connectivity index (χ0v) is 12.1. The van der Waals surface area contributed by atoms with Crippen LogP contribution in [0.2, 0.25) is 0 Å². The topological polar surface area (TPSA) is 72.8 Å². The first kappa shape index (κ1) is 15.5. The number of rotatable bonds is 6. The molecule has 0 bridgehead atoms. The highest BCUT2D eigenvalue weighted by Crippen LogP contribution is 2.39. The van der Waals surface area contributed by atoms with Crippen molar-refractivity contribution in [3.05, 3.63) is 35.9 Å². The summed E-state index contributed by atoms with van der Waals surface area (Å²) in [4.78, 5) is 24.4. The summed E-state index contributed by atoms with van der Waals surface area (Å²) < 4.78 is 10.4. The van der Waals surface area contributed by atoms with Gasteiger partial charge in [0.1, 0.15) is 0 Å². The number of hydrogen-bond donors (Lipinski definition) is 1. The van der Waals surface area contributed by atoms with Gasteiger partial charge >= 0.3 is 11.9 Å². The summed E-state index contributed by atoms with van der Waals surface area (Å²) in [7, 11) is 0. The highest BCUT2D eigenvalue weighted by molar-refractivity contribution is 6.00. The van der Waals surface area contributed by atoms with Gasteiger partial charge in [0, 0.05) is 12.5 Å². The lowest BCUT2D eigenvalue weighted by Gasteiger charge is -2.32. The van der Waals surface area contributed by atoms with Crippen LogP contribution >= 0.6 is 0 Å². The Kier molecular flexibility index (Phi) is 4.96. The summed E-state index contributed by atoms with van der Waals surface area (Å²) in [5.41, 5.74) is -0.770. The Morgan fingerprint density at radius 1 is 1.38 bits per heavy atom. The Labute approximate surface area is 123 Å². The molecule has 21 heavy (non-hydrogen) atoms. The van der Waals surface area contributed by atoms with Crippen LogP contribution in [0.5, 0.6) is 0 Å². The van der Waals surface area contributed by atoms with Gasteiger partial charge in [0.15, 0.2) is 5.41 Å². The summed E-state index contributed by atoms with van der Waals surface area (Å²) in [5.74, 6) is -2.17. The fourth-order valence-electron chi connectivity index (χ4n) is 2.82. The SMILES string of the molecule is CCOC(=O)C(Cc1ccccc1)(C(=O)O)C1CCOC1. The van der Waals surface area contributed by atoms with Crippen LogP contribution in [-0.4, -0.2) is 36.9 Å². The zero-order valence-electron chi connectivity index (χ0n) is 12.1. The van der Waals surface area contributed by atoms with E-state index in [1.165, 1.54) is 0 Å². The van der Waals surface area contributed by atoms with Crippen LogP contribution in [0, 0.1) is 11.3 Å². The largest absolute Gasteiger partial charge is 0.480 e. The minimum atomic E-state index is -1.58. The maximum Gasteiger partial charge on any atom is 0.324 e. The van der Waals surface area contributed by atoms with E-state index in [-0.39, 0.29) is 25.6 Å². The first-order valence-corrected chi connectivity index (χ1v) is 7.13. The number of benzene rings is 1. The van der Waals surface area contributed by atoms with E-state index in [0.717, 1.165) is 5.56 Å². The average Bonchev–Trinajstić information content (AvgIpc) is 3.00. The maximum absolute atomic E-state index is 12.4. The molecule has 0 radical (unpaired) electrons. The van der Waals surface area contributed by atoms with Crippen LogP contribution in [0.25, 0.3) is 0 Å². The molecule has 5 nitrogen and oxygen atoms in total. The van der Waals surface area contributed by atoms with Crippen LogP contribution in [0.1, 0.15) is 18.9 Å². The molecule has 1 aromatic carbocycles. The van der Waals surface area contributed by atoms with Gasteiger partial charge < -0.3 is 14.6 Å². The van der Waals surface area contributed by atoms with Gasteiger partial charge in [-0.25, -0.2) is 0 Å². The molecule has 1 N–H and O–H groups in total. The molecule has 2 atom stereocenters. The highest BCUT2D eigenvalue weighted by atomic mass is 16.5. The monoisotopic (exact) mass is 292 g/mol. The minimum Gasteiger partial charge on any atom is -0.480 e. The molecule has 114 valence electrons. The van der Waals surface area contributed by atoms with Crippen molar-refractivity contribution in [2.45, 2.75) is 19.8 Å². The Morgan fingerprint density at radius 3 is 2.62 bits per heavy atom. The van der Waals surface area contributed by atoms with Gasteiger partial charge in [-0.15, -0.1) is 0 Å². The van der Waals surface area contributed by atoms with Gasteiger partial charge in [-0.2, -0.15) is 0 Å². The summed E-state index contributed by atoms with van der Waals surface area (Å²) in [6, 6.07) is 9.17. The molecule has 1 heterocycles. The normalized spacial score (nSPS) is 20.7. The number of ether oxygens (including phenoxy) is 2. The maximum atomic E-state index is 12.4. The van der Waals surface area contributed by atoms with E-state index < -0.39 is 17.4 Å². The zero-order chi connectivity index (χ0) is 15.3. The minimum absolute atomic E-state index is 0.121. The molecular formula is C16H20O5. The number of carbonyl (C=O) groups excluding carboxylic acids is 1. The number of carboxylic acids is 1. The van der Waals surface area contributed by atoms with Crippen molar-refractivity contribution in [2.24, 2.45) is 11.3 Å². The van der Waals surface area contributed by atoms with E-state index in [0.29, 0.717) is 13.0 Å². The van der Waals surface area contributed by atoms with E-state index >= 15 is 0 Å². The molecule has 1 saturated heterocycles. The fourth-order valence-corrected chi connectivity index (χ4v) is 2.82. The van der Waals surface area contributed by atoms with E-state index in [1.807, 2.05) is 30.3 Å². The Morgan fingerprint density at radius 2 is 2.10 bits per heavy atom. The van der Waals surface area contributed by atoms with Gasteiger partial charge in [0.05, 0.1) is 13.2 Å². The third-order valence-corrected chi connectivity index (χ3v) is 3.97. The summed E-state index contributed by atoms with van der Waals surface area (Å²) in [6.45, 7) is 2.60. The van der Waals surface area contributed by atoms with Crippen molar-refractivity contribution in [1.29, 1.82) is 0 Å². The summed E-state index contributed by atoms with van der Waals surface area (Å²) in [5, 5.41) is 9.79. The lowest BCUT2D eigenvalue weighted by Crippen LogP contribution is -2.49. The van der Waals surface area contributed by atoms with Crippen LogP contribution in [0.15, 0.2) is 30.3 Å². The van der Waals surface area contributed by atoms with Crippen LogP contribution in [0.4, 0.5) is 0 Å². The second-order valence-corrected chi connectivity index (χ2v) is 5.22. The lowest BCUT2D eigenvalue weighted by atomic mass is 9.70. The van der Waals surface area contributed by atoms with E-state index in [1.54, 1.807) is 6.92 Å². The van der Waals surface area contributed by atoms with Crippen LogP contribution in [-0.2, 0) is 25.5 Å². The molecule has 0 aromatic heterocycles. The number of esters is 1. The van der Waals surface area contributed by atoms with E-state index in [9.17, 15) is 14.7 Å². The van der Waals surface area contributed by atoms with Crippen molar-refractivity contribution in [3.8, 4) is 0 Å². The third-order valence-electron chi connectivity index (χ3n) is 3.97. The molecule has 1 aliphatic heterocycles. The van der Waals surface area contributed by atoms with Gasteiger partial charge in [0.2, 0.25) is 0 Å². The van der Waals surface area contributed by atoms with E-state index in [4.69, 9.17) is 9.47 Å². The first-order valence-electron chi connectivity index (χ1n) is 7.13. The average molecular weight is 292 g/mol. The van der Waals surface area contributed by atoms with Crippen molar-refractivity contribution in [3.63, 3.8) is 0 Å². The molecule has 1 fully saturated rings. The Hall–Kier alpha value is -1.88. The van der Waals surface area contributed by atoms with Crippen LogP contribution < -0.4 is 0 Å². The summed E-state index contributed by atoms with van der Waals surface area (Å²) in [6.07, 6.45) is 0.675. The van der Waals surface area contributed by atoms with Gasteiger partial charge in [0.25, 0.3) is 0 Å². The quantitative estimate of drug-likeness (QED) is 0.640. The van der Waals surface area contributed by atoms with Crippen molar-refractivity contribution < 1.29 is 24.2 Å². The molecule has 2 rings (SSSR count). The van der Waals surface area contributed by atoms with Gasteiger partial charge in [-0.05, 0) is 25.3 Å². The van der Waals surface area contributed by atoms with Crippen molar-refractivity contribution in [2.75, 3.05) is 19.8 Å². The second kappa shape index (κ2) is 6.72. The highest BCUT2D eigenvalue weighted by Gasteiger charge is 2.54. The standard InChI is InChI=1S/C16H20O5/c1-2-21-15(19)16(14(17)18,13-8-9-20-11-13)10-12-6-4-3-5-7-12/h3-7,13H,2,8-11H2,1H3,(H,17,18). The Balaban J connectivity index is 2.39. The molecule has 0 aliphatic carbocycles. The van der Waals surface area contributed by atoms with E-state index in [2.05, 4.69) is 0 Å². The third kappa shape index (κ3) is 3.08. The first-order chi connectivity index (χ1) is 10.1. The molecule has 0 amide bonds. The number of carboxylic acid groups (broad SMARTS) is 1. The number of carbonyl (C=O) groups is 2. The molecule has 0 spiro atoms. The Bertz CT molecular complexity index is 493. The predicted molar refractivity (Wildman–Crippen MR) is 75.8 cm³/mol. The molecule has 5 heteroatoms. The second-order valence-electron chi connectivity index (χ2n) is 5.22. The smallest absolute Gasteiger partial charge is 0.324 e.